The van der Waals surface area contributed by atoms with Crippen molar-refractivity contribution >= 4 is 10.9 Å². The van der Waals surface area contributed by atoms with E-state index < -0.39 is 0 Å². The van der Waals surface area contributed by atoms with Crippen LogP contribution in [0.5, 0.6) is 11.5 Å². The van der Waals surface area contributed by atoms with Crippen LogP contribution in [0, 0.1) is 6.92 Å². The standard InChI is InChI=1S/C16H20N2O2.C2H6/c1-10-12-8-14(19-2)15(20-3)9-13(12)18-16(17-10)11-6-4-5-7-11;1-2/h8-9,11H,4-7H2,1-3H3;1-2H3. The normalized spacial score (nSPS) is 14.6. The first-order valence-corrected chi connectivity index (χ1v) is 8.13. The molecule has 0 N–H and O–H groups in total. The summed E-state index contributed by atoms with van der Waals surface area (Å²) >= 11 is 0. The summed E-state index contributed by atoms with van der Waals surface area (Å²) in [6, 6.07) is 3.91. The van der Waals surface area contributed by atoms with Gasteiger partial charge >= 0.3 is 0 Å². The Kier molecular flexibility index (Phi) is 5.58. The first-order chi connectivity index (χ1) is 10.7. The zero-order chi connectivity index (χ0) is 16.1. The van der Waals surface area contributed by atoms with E-state index in [9.17, 15) is 0 Å². The average Bonchev–Trinajstić information content (AvgIpc) is 3.10. The molecule has 0 spiro atoms. The Hall–Kier alpha value is -1.84. The zero-order valence-electron chi connectivity index (χ0n) is 14.3. The van der Waals surface area contributed by atoms with E-state index in [1.54, 1.807) is 14.2 Å². The van der Waals surface area contributed by atoms with Crippen molar-refractivity contribution in [3.05, 3.63) is 23.7 Å². The minimum Gasteiger partial charge on any atom is -0.493 e. The van der Waals surface area contributed by atoms with E-state index in [1.165, 1.54) is 25.7 Å². The van der Waals surface area contributed by atoms with E-state index in [1.807, 2.05) is 32.9 Å². The molecule has 0 bridgehead atoms. The molecule has 0 amide bonds. The summed E-state index contributed by atoms with van der Waals surface area (Å²) in [6.07, 6.45) is 4.99. The van der Waals surface area contributed by atoms with Crippen LogP contribution in [-0.2, 0) is 0 Å². The minimum atomic E-state index is 0.520. The number of fused-ring (bicyclic) bond motifs is 1. The predicted octanol–water partition coefficient (Wildman–Crippen LogP) is 4.64. The van der Waals surface area contributed by atoms with Crippen molar-refractivity contribution in [2.45, 2.75) is 52.4 Å². The lowest BCUT2D eigenvalue weighted by Gasteiger charge is -2.13. The van der Waals surface area contributed by atoms with Crippen molar-refractivity contribution in [3.8, 4) is 11.5 Å². The number of hydrogen-bond donors (Lipinski definition) is 0. The highest BCUT2D eigenvalue weighted by atomic mass is 16.5. The van der Waals surface area contributed by atoms with Crippen LogP contribution < -0.4 is 9.47 Å². The molecule has 4 heteroatoms. The smallest absolute Gasteiger partial charge is 0.162 e. The van der Waals surface area contributed by atoms with Gasteiger partial charge in [0.2, 0.25) is 0 Å². The van der Waals surface area contributed by atoms with Crippen LogP contribution in [0.15, 0.2) is 12.1 Å². The maximum Gasteiger partial charge on any atom is 0.162 e. The quantitative estimate of drug-likeness (QED) is 0.828. The number of aromatic nitrogens is 2. The minimum absolute atomic E-state index is 0.520. The van der Waals surface area contributed by atoms with Crippen molar-refractivity contribution in [2.24, 2.45) is 0 Å². The van der Waals surface area contributed by atoms with E-state index in [4.69, 9.17) is 19.4 Å². The van der Waals surface area contributed by atoms with Gasteiger partial charge in [0.05, 0.1) is 19.7 Å². The summed E-state index contributed by atoms with van der Waals surface area (Å²) in [7, 11) is 3.29. The molecule has 0 saturated heterocycles. The van der Waals surface area contributed by atoms with Gasteiger partial charge in [0.15, 0.2) is 11.5 Å². The Morgan fingerprint density at radius 3 is 2.14 bits per heavy atom. The summed E-state index contributed by atoms with van der Waals surface area (Å²) in [5.41, 5.74) is 1.95. The van der Waals surface area contributed by atoms with Gasteiger partial charge in [-0.15, -0.1) is 0 Å². The molecule has 0 atom stereocenters. The molecule has 0 unspecified atom stereocenters. The highest BCUT2D eigenvalue weighted by Gasteiger charge is 2.21. The second kappa shape index (κ2) is 7.43. The van der Waals surface area contributed by atoms with Gasteiger partial charge in [0.1, 0.15) is 5.82 Å². The number of hydrogen-bond acceptors (Lipinski definition) is 4. The molecule has 1 fully saturated rings. The fraction of sp³-hybridized carbons (Fsp3) is 0.556. The van der Waals surface area contributed by atoms with Gasteiger partial charge in [-0.1, -0.05) is 26.7 Å². The van der Waals surface area contributed by atoms with Gasteiger partial charge in [0, 0.05) is 23.1 Å². The largest absolute Gasteiger partial charge is 0.493 e. The first-order valence-electron chi connectivity index (χ1n) is 8.13. The lowest BCUT2D eigenvalue weighted by Crippen LogP contribution is -2.03. The number of nitrogens with zero attached hydrogens (tertiary/aromatic N) is 2. The molecule has 0 radical (unpaired) electrons. The van der Waals surface area contributed by atoms with Gasteiger partial charge in [-0.05, 0) is 25.8 Å². The average molecular weight is 302 g/mol. The van der Waals surface area contributed by atoms with Gasteiger partial charge < -0.3 is 9.47 Å². The molecule has 1 aliphatic carbocycles. The number of benzene rings is 1. The highest BCUT2D eigenvalue weighted by molar-refractivity contribution is 5.84. The zero-order valence-corrected chi connectivity index (χ0v) is 14.3. The van der Waals surface area contributed by atoms with Crippen LogP contribution in [0.4, 0.5) is 0 Å². The fourth-order valence-electron chi connectivity index (χ4n) is 3.00. The molecule has 1 heterocycles. The van der Waals surface area contributed by atoms with Crippen LogP contribution in [0.1, 0.15) is 57.0 Å². The fourth-order valence-corrected chi connectivity index (χ4v) is 3.00. The Morgan fingerprint density at radius 1 is 0.955 bits per heavy atom. The van der Waals surface area contributed by atoms with Crippen LogP contribution >= 0.6 is 0 Å². The predicted molar refractivity (Wildman–Crippen MR) is 89.9 cm³/mol. The maximum absolute atomic E-state index is 5.36. The van der Waals surface area contributed by atoms with Crippen LogP contribution in [0.2, 0.25) is 0 Å². The van der Waals surface area contributed by atoms with E-state index in [2.05, 4.69) is 0 Å². The van der Waals surface area contributed by atoms with Crippen molar-refractivity contribution in [3.63, 3.8) is 0 Å². The summed E-state index contributed by atoms with van der Waals surface area (Å²) < 4.78 is 10.7. The van der Waals surface area contributed by atoms with E-state index >= 15 is 0 Å². The van der Waals surface area contributed by atoms with Crippen molar-refractivity contribution < 1.29 is 9.47 Å². The van der Waals surface area contributed by atoms with Gasteiger partial charge in [-0.2, -0.15) is 0 Å². The molecule has 1 aliphatic rings. The van der Waals surface area contributed by atoms with Crippen LogP contribution in [0.25, 0.3) is 10.9 Å². The Labute approximate surface area is 132 Å². The summed E-state index contributed by atoms with van der Waals surface area (Å²) in [5, 5.41) is 1.03. The van der Waals surface area contributed by atoms with Crippen LogP contribution in [0.3, 0.4) is 0 Å². The van der Waals surface area contributed by atoms with Crippen molar-refractivity contribution in [1.82, 2.24) is 9.97 Å². The number of rotatable bonds is 3. The maximum atomic E-state index is 5.36. The van der Waals surface area contributed by atoms with Crippen molar-refractivity contribution in [1.29, 1.82) is 0 Å². The Morgan fingerprint density at radius 2 is 1.55 bits per heavy atom. The molecule has 22 heavy (non-hydrogen) atoms. The monoisotopic (exact) mass is 302 g/mol. The molecule has 4 nitrogen and oxygen atoms in total. The summed E-state index contributed by atoms with van der Waals surface area (Å²) in [6.45, 7) is 6.04. The lowest BCUT2D eigenvalue weighted by molar-refractivity contribution is 0.355. The van der Waals surface area contributed by atoms with E-state index in [0.717, 1.165) is 33.9 Å². The molecule has 1 aromatic carbocycles. The molecular formula is C18H26N2O2. The molecule has 2 aromatic rings. The highest BCUT2D eigenvalue weighted by Crippen LogP contribution is 2.36. The lowest BCUT2D eigenvalue weighted by atomic mass is 10.1. The van der Waals surface area contributed by atoms with Gasteiger partial charge in [-0.25, -0.2) is 9.97 Å². The Bertz CT molecular complexity index is 635. The second-order valence-corrected chi connectivity index (χ2v) is 5.37. The molecular weight excluding hydrogens is 276 g/mol. The molecule has 1 aromatic heterocycles. The van der Waals surface area contributed by atoms with Gasteiger partial charge in [-0.3, -0.25) is 0 Å². The topological polar surface area (TPSA) is 44.2 Å². The molecule has 0 aliphatic heterocycles. The molecule has 3 rings (SSSR count). The van der Waals surface area contributed by atoms with E-state index in [0.29, 0.717) is 5.92 Å². The SMILES string of the molecule is CC.COc1cc2nc(C3CCCC3)nc(C)c2cc1OC. The van der Waals surface area contributed by atoms with E-state index in [-0.39, 0.29) is 0 Å². The molecule has 1 saturated carbocycles. The molecule has 120 valence electrons. The number of aryl methyl sites for hydroxylation is 1. The third kappa shape index (κ3) is 3.16. The first kappa shape index (κ1) is 16.5. The van der Waals surface area contributed by atoms with Crippen LogP contribution in [-0.4, -0.2) is 24.2 Å². The third-order valence-corrected chi connectivity index (χ3v) is 4.13. The third-order valence-electron chi connectivity index (χ3n) is 4.13. The van der Waals surface area contributed by atoms with Gasteiger partial charge in [0.25, 0.3) is 0 Å². The van der Waals surface area contributed by atoms with Crippen molar-refractivity contribution in [2.75, 3.05) is 14.2 Å². The number of methoxy groups -OCH3 is 2. The number of ether oxygens (including phenoxy) is 2. The summed E-state index contributed by atoms with van der Waals surface area (Å²) in [5.74, 6) is 2.95. The Balaban J connectivity index is 0.000000847. The summed E-state index contributed by atoms with van der Waals surface area (Å²) in [4.78, 5) is 9.46. The second-order valence-electron chi connectivity index (χ2n) is 5.37.